The Hall–Kier alpha value is -3.01. The first-order chi connectivity index (χ1) is 12.8. The maximum Gasteiger partial charge on any atom is 0.272 e. The van der Waals surface area contributed by atoms with Gasteiger partial charge >= 0.3 is 0 Å². The van der Waals surface area contributed by atoms with E-state index >= 15 is 0 Å². The summed E-state index contributed by atoms with van der Waals surface area (Å²) in [4.78, 5) is 13.0. The number of nitrogens with one attached hydrogen (secondary N) is 1. The SMILES string of the molecule is C=Cc1cccc2cc(C(=O)Nc3cc(C(C)(C)C)ccc3OC)n(C)c12. The van der Waals surface area contributed by atoms with Crippen molar-refractivity contribution >= 4 is 28.6 Å². The number of aryl methyl sites for hydroxylation is 1. The molecular formula is C23H26N2O2. The molecule has 1 heterocycles. The van der Waals surface area contributed by atoms with Gasteiger partial charge in [0.15, 0.2) is 0 Å². The summed E-state index contributed by atoms with van der Waals surface area (Å²) in [5.41, 5.74) is 4.36. The lowest BCUT2D eigenvalue weighted by molar-refractivity contribution is 0.101. The number of hydrogen-bond acceptors (Lipinski definition) is 2. The minimum absolute atomic E-state index is 0.0235. The molecule has 0 aliphatic heterocycles. The van der Waals surface area contributed by atoms with E-state index in [0.717, 1.165) is 22.0 Å². The molecule has 140 valence electrons. The highest BCUT2D eigenvalue weighted by Crippen LogP contribution is 2.32. The summed E-state index contributed by atoms with van der Waals surface area (Å²) < 4.78 is 7.35. The molecule has 0 bridgehead atoms. The van der Waals surface area contributed by atoms with Crippen molar-refractivity contribution in [1.82, 2.24) is 4.57 Å². The molecule has 0 aliphatic carbocycles. The average molecular weight is 362 g/mol. The number of anilines is 1. The van der Waals surface area contributed by atoms with Crippen LogP contribution >= 0.6 is 0 Å². The van der Waals surface area contributed by atoms with E-state index in [-0.39, 0.29) is 11.3 Å². The molecule has 0 atom stereocenters. The minimum Gasteiger partial charge on any atom is -0.495 e. The first kappa shape index (κ1) is 18.8. The molecule has 1 N–H and O–H groups in total. The zero-order valence-electron chi connectivity index (χ0n) is 16.6. The topological polar surface area (TPSA) is 43.3 Å². The number of fused-ring (bicyclic) bond motifs is 1. The van der Waals surface area contributed by atoms with Gasteiger partial charge in [0.25, 0.3) is 5.91 Å². The molecule has 0 unspecified atom stereocenters. The van der Waals surface area contributed by atoms with E-state index in [1.165, 1.54) is 0 Å². The molecule has 2 aromatic carbocycles. The van der Waals surface area contributed by atoms with Crippen molar-refractivity contribution in [3.05, 3.63) is 65.9 Å². The Morgan fingerprint density at radius 3 is 2.56 bits per heavy atom. The van der Waals surface area contributed by atoms with Gasteiger partial charge < -0.3 is 14.6 Å². The second kappa shape index (κ2) is 6.95. The van der Waals surface area contributed by atoms with Gasteiger partial charge in [-0.2, -0.15) is 0 Å². The number of rotatable bonds is 4. The Morgan fingerprint density at radius 2 is 1.93 bits per heavy atom. The fraction of sp³-hybridized carbons (Fsp3) is 0.261. The van der Waals surface area contributed by atoms with Gasteiger partial charge in [0.1, 0.15) is 11.4 Å². The van der Waals surface area contributed by atoms with Crippen LogP contribution in [-0.4, -0.2) is 17.6 Å². The zero-order valence-corrected chi connectivity index (χ0v) is 16.6. The van der Waals surface area contributed by atoms with Gasteiger partial charge in [0.05, 0.1) is 18.3 Å². The molecule has 3 rings (SSSR count). The van der Waals surface area contributed by atoms with E-state index in [2.05, 4.69) is 32.7 Å². The number of hydrogen-bond donors (Lipinski definition) is 1. The van der Waals surface area contributed by atoms with E-state index < -0.39 is 0 Å². The average Bonchev–Trinajstić information content (AvgIpc) is 2.98. The number of nitrogens with zero attached hydrogens (tertiary/aromatic N) is 1. The van der Waals surface area contributed by atoms with E-state index in [9.17, 15) is 4.79 Å². The van der Waals surface area contributed by atoms with E-state index in [4.69, 9.17) is 4.74 Å². The van der Waals surface area contributed by atoms with Crippen LogP contribution in [0.5, 0.6) is 5.75 Å². The van der Waals surface area contributed by atoms with Crippen molar-refractivity contribution < 1.29 is 9.53 Å². The van der Waals surface area contributed by atoms with Gasteiger partial charge in [-0.1, -0.05) is 57.7 Å². The molecule has 1 aromatic heterocycles. The summed E-state index contributed by atoms with van der Waals surface area (Å²) in [5, 5.41) is 4.03. The molecule has 0 fully saturated rings. The second-order valence-corrected chi connectivity index (χ2v) is 7.70. The van der Waals surface area contributed by atoms with Gasteiger partial charge in [-0.05, 0) is 34.7 Å². The summed E-state index contributed by atoms with van der Waals surface area (Å²) in [6, 6.07) is 13.8. The van der Waals surface area contributed by atoms with Gasteiger partial charge in [-0.3, -0.25) is 4.79 Å². The summed E-state index contributed by atoms with van der Waals surface area (Å²) in [7, 11) is 3.50. The van der Waals surface area contributed by atoms with Gasteiger partial charge in [-0.15, -0.1) is 0 Å². The Kier molecular flexibility index (Phi) is 4.83. The van der Waals surface area contributed by atoms with Crippen LogP contribution in [0.15, 0.2) is 49.0 Å². The van der Waals surface area contributed by atoms with Crippen molar-refractivity contribution in [3.63, 3.8) is 0 Å². The number of para-hydroxylation sites is 1. The van der Waals surface area contributed by atoms with Crippen LogP contribution in [0.2, 0.25) is 0 Å². The van der Waals surface area contributed by atoms with Crippen molar-refractivity contribution in [1.29, 1.82) is 0 Å². The Labute approximate surface area is 160 Å². The second-order valence-electron chi connectivity index (χ2n) is 7.70. The standard InChI is InChI=1S/C23H26N2O2/c1-7-15-9-8-10-16-13-19(25(5)21(15)16)22(26)24-18-14-17(23(2,3)4)11-12-20(18)27-6/h7-14H,1H2,2-6H3,(H,24,26). The number of carbonyl (C=O) groups excluding carboxylic acids is 1. The van der Waals surface area contributed by atoms with Crippen LogP contribution in [0, 0.1) is 0 Å². The minimum atomic E-state index is -0.173. The molecule has 4 nitrogen and oxygen atoms in total. The molecule has 0 radical (unpaired) electrons. The van der Waals surface area contributed by atoms with Crippen LogP contribution < -0.4 is 10.1 Å². The lowest BCUT2D eigenvalue weighted by Gasteiger charge is -2.21. The number of carbonyl (C=O) groups is 1. The number of amides is 1. The summed E-state index contributed by atoms with van der Waals surface area (Å²) in [6.07, 6.45) is 1.81. The van der Waals surface area contributed by atoms with Crippen molar-refractivity contribution in [2.24, 2.45) is 7.05 Å². The predicted octanol–water partition coefficient (Wildman–Crippen LogP) is 5.38. The first-order valence-electron chi connectivity index (χ1n) is 8.97. The fourth-order valence-corrected chi connectivity index (χ4v) is 3.29. The molecule has 4 heteroatoms. The normalized spacial score (nSPS) is 11.4. The van der Waals surface area contributed by atoms with Gasteiger partial charge in [-0.25, -0.2) is 0 Å². The van der Waals surface area contributed by atoms with Gasteiger partial charge in [0.2, 0.25) is 0 Å². The largest absolute Gasteiger partial charge is 0.495 e. The molecule has 0 saturated heterocycles. The predicted molar refractivity (Wildman–Crippen MR) is 113 cm³/mol. The molecule has 0 aliphatic rings. The summed E-state index contributed by atoms with van der Waals surface area (Å²) >= 11 is 0. The lowest BCUT2D eigenvalue weighted by atomic mass is 9.87. The van der Waals surface area contributed by atoms with Crippen LogP contribution in [0.3, 0.4) is 0 Å². The number of aromatic nitrogens is 1. The third-order valence-electron chi connectivity index (χ3n) is 4.85. The molecule has 1 amide bonds. The number of benzene rings is 2. The van der Waals surface area contributed by atoms with E-state index in [0.29, 0.717) is 17.1 Å². The smallest absolute Gasteiger partial charge is 0.272 e. The monoisotopic (exact) mass is 362 g/mol. The highest BCUT2D eigenvalue weighted by Gasteiger charge is 2.19. The molecule has 3 aromatic rings. The Bertz CT molecular complexity index is 1020. The van der Waals surface area contributed by atoms with Crippen molar-refractivity contribution in [3.8, 4) is 5.75 Å². The number of methoxy groups -OCH3 is 1. The van der Waals surface area contributed by atoms with Crippen molar-refractivity contribution in [2.45, 2.75) is 26.2 Å². The van der Waals surface area contributed by atoms with Crippen LogP contribution in [0.4, 0.5) is 5.69 Å². The quantitative estimate of drug-likeness (QED) is 0.677. The van der Waals surface area contributed by atoms with Crippen LogP contribution in [-0.2, 0) is 12.5 Å². The summed E-state index contributed by atoms with van der Waals surface area (Å²) in [5.74, 6) is 0.468. The Morgan fingerprint density at radius 1 is 1.19 bits per heavy atom. The van der Waals surface area contributed by atoms with Crippen LogP contribution in [0.25, 0.3) is 17.0 Å². The molecule has 0 saturated carbocycles. The fourth-order valence-electron chi connectivity index (χ4n) is 3.29. The van der Waals surface area contributed by atoms with Crippen molar-refractivity contribution in [2.75, 3.05) is 12.4 Å². The lowest BCUT2D eigenvalue weighted by Crippen LogP contribution is -2.17. The molecule has 0 spiro atoms. The molecule has 27 heavy (non-hydrogen) atoms. The maximum atomic E-state index is 13.0. The third-order valence-corrected chi connectivity index (χ3v) is 4.85. The zero-order chi connectivity index (χ0) is 19.8. The first-order valence-corrected chi connectivity index (χ1v) is 8.97. The highest BCUT2D eigenvalue weighted by atomic mass is 16.5. The van der Waals surface area contributed by atoms with E-state index in [1.807, 2.05) is 54.1 Å². The van der Waals surface area contributed by atoms with Gasteiger partial charge in [0, 0.05) is 12.4 Å². The number of ether oxygens (including phenoxy) is 1. The van der Waals surface area contributed by atoms with Crippen LogP contribution in [0.1, 0.15) is 42.4 Å². The third kappa shape index (κ3) is 3.47. The Balaban J connectivity index is 2.02. The molecular weight excluding hydrogens is 336 g/mol. The summed E-state index contributed by atoms with van der Waals surface area (Å²) in [6.45, 7) is 10.3. The highest BCUT2D eigenvalue weighted by molar-refractivity contribution is 6.07. The van der Waals surface area contributed by atoms with E-state index in [1.54, 1.807) is 13.2 Å². The maximum absolute atomic E-state index is 13.0.